The summed E-state index contributed by atoms with van der Waals surface area (Å²) in [5.74, 6) is -0.985. The molecule has 1 aromatic carbocycles. The van der Waals surface area contributed by atoms with Gasteiger partial charge in [0.2, 0.25) is 5.91 Å². The van der Waals surface area contributed by atoms with Crippen molar-refractivity contribution in [3.8, 4) is 0 Å². The smallest absolute Gasteiger partial charge is 0.313 e. The van der Waals surface area contributed by atoms with Gasteiger partial charge in [-0.15, -0.1) is 0 Å². The van der Waals surface area contributed by atoms with Gasteiger partial charge in [0.25, 0.3) is 0 Å². The van der Waals surface area contributed by atoms with E-state index >= 15 is 0 Å². The van der Waals surface area contributed by atoms with Crippen LogP contribution in [-0.2, 0) is 14.3 Å². The van der Waals surface area contributed by atoms with Crippen LogP contribution in [0.5, 0.6) is 0 Å². The lowest BCUT2D eigenvalue weighted by molar-refractivity contribution is -0.143. The van der Waals surface area contributed by atoms with E-state index in [4.69, 9.17) is 0 Å². The highest BCUT2D eigenvalue weighted by atomic mass is 16.5. The molecule has 1 aliphatic rings. The number of fused-ring (bicyclic) bond motifs is 1. The van der Waals surface area contributed by atoms with E-state index in [-0.39, 0.29) is 18.3 Å². The number of ether oxygens (including phenoxy) is 1. The van der Waals surface area contributed by atoms with E-state index in [0.717, 1.165) is 5.56 Å². The van der Waals surface area contributed by atoms with Gasteiger partial charge in [-0.2, -0.15) is 0 Å². The van der Waals surface area contributed by atoms with Gasteiger partial charge in [0, 0.05) is 12.1 Å². The maximum atomic E-state index is 11.5. The van der Waals surface area contributed by atoms with Crippen LogP contribution in [0, 0.1) is 0 Å². The summed E-state index contributed by atoms with van der Waals surface area (Å²) in [6.45, 7) is 0. The number of esters is 1. The molecule has 0 saturated heterocycles. The zero-order valence-electron chi connectivity index (χ0n) is 8.32. The van der Waals surface area contributed by atoms with Crippen molar-refractivity contribution in [1.29, 1.82) is 0 Å². The van der Waals surface area contributed by atoms with E-state index in [1.807, 2.05) is 18.2 Å². The molecule has 1 amide bonds. The van der Waals surface area contributed by atoms with Crippen molar-refractivity contribution in [1.82, 2.24) is 0 Å². The summed E-state index contributed by atoms with van der Waals surface area (Å²) >= 11 is 0. The van der Waals surface area contributed by atoms with Gasteiger partial charge >= 0.3 is 5.97 Å². The Balaban J connectivity index is 2.42. The second-order valence-corrected chi connectivity index (χ2v) is 3.42. The van der Waals surface area contributed by atoms with Crippen molar-refractivity contribution in [2.24, 2.45) is 0 Å². The molecule has 1 aromatic rings. The van der Waals surface area contributed by atoms with Crippen LogP contribution < -0.4 is 5.32 Å². The molecule has 0 aliphatic carbocycles. The van der Waals surface area contributed by atoms with Crippen LogP contribution in [0.15, 0.2) is 24.3 Å². The van der Waals surface area contributed by atoms with Gasteiger partial charge in [0.1, 0.15) is 0 Å². The summed E-state index contributed by atoms with van der Waals surface area (Å²) in [7, 11) is 1.33. The van der Waals surface area contributed by atoms with E-state index in [1.54, 1.807) is 6.07 Å². The Hall–Kier alpha value is -1.84. The number of carbonyl (C=O) groups excluding carboxylic acids is 2. The third-order valence-electron chi connectivity index (χ3n) is 2.49. The van der Waals surface area contributed by atoms with E-state index in [9.17, 15) is 9.59 Å². The van der Waals surface area contributed by atoms with E-state index in [0.29, 0.717) is 5.69 Å². The number of carbonyl (C=O) groups is 2. The summed E-state index contributed by atoms with van der Waals surface area (Å²) in [4.78, 5) is 22.8. The van der Waals surface area contributed by atoms with E-state index in [1.165, 1.54) is 7.11 Å². The van der Waals surface area contributed by atoms with E-state index < -0.39 is 5.92 Å². The minimum Gasteiger partial charge on any atom is -0.469 e. The highest BCUT2D eigenvalue weighted by Crippen LogP contribution is 2.32. The van der Waals surface area contributed by atoms with Crippen molar-refractivity contribution in [3.05, 3.63) is 29.8 Å². The average molecular weight is 205 g/mol. The lowest BCUT2D eigenvalue weighted by Gasteiger charge is -2.23. The second-order valence-electron chi connectivity index (χ2n) is 3.42. The Morgan fingerprint density at radius 1 is 1.47 bits per heavy atom. The molecule has 78 valence electrons. The molecule has 0 fully saturated rings. The molecule has 0 aromatic heterocycles. The van der Waals surface area contributed by atoms with Crippen molar-refractivity contribution < 1.29 is 14.3 Å². The molecule has 4 heteroatoms. The maximum Gasteiger partial charge on any atom is 0.313 e. The Kier molecular flexibility index (Phi) is 2.41. The molecule has 0 bridgehead atoms. The molecule has 0 saturated carbocycles. The topological polar surface area (TPSA) is 55.4 Å². The largest absolute Gasteiger partial charge is 0.469 e. The van der Waals surface area contributed by atoms with Crippen molar-refractivity contribution >= 4 is 17.6 Å². The van der Waals surface area contributed by atoms with Gasteiger partial charge in [0.05, 0.1) is 13.0 Å². The van der Waals surface area contributed by atoms with Gasteiger partial charge in [-0.05, 0) is 11.6 Å². The van der Waals surface area contributed by atoms with Crippen LogP contribution in [0.4, 0.5) is 5.69 Å². The van der Waals surface area contributed by atoms with Crippen LogP contribution in [-0.4, -0.2) is 19.0 Å². The first-order chi connectivity index (χ1) is 7.22. The summed E-state index contributed by atoms with van der Waals surface area (Å²) in [5, 5.41) is 2.72. The maximum absolute atomic E-state index is 11.5. The number of benzene rings is 1. The predicted octanol–water partition coefficient (Wildman–Crippen LogP) is 1.29. The highest BCUT2D eigenvalue weighted by Gasteiger charge is 2.30. The Labute approximate surface area is 87.2 Å². The monoisotopic (exact) mass is 205 g/mol. The first-order valence-corrected chi connectivity index (χ1v) is 4.69. The van der Waals surface area contributed by atoms with Crippen LogP contribution in [0.3, 0.4) is 0 Å². The van der Waals surface area contributed by atoms with Crippen LogP contribution >= 0.6 is 0 Å². The quantitative estimate of drug-likeness (QED) is 0.703. The summed E-state index contributed by atoms with van der Waals surface area (Å²) in [6.07, 6.45) is 0.156. The molecule has 2 rings (SSSR count). The zero-order valence-corrected chi connectivity index (χ0v) is 8.32. The molecule has 0 unspecified atom stereocenters. The molecule has 1 aliphatic heterocycles. The number of amides is 1. The first kappa shape index (κ1) is 9.71. The Bertz CT molecular complexity index is 414. The average Bonchev–Trinajstić information content (AvgIpc) is 2.26. The minimum atomic E-state index is -0.472. The molecule has 4 nitrogen and oxygen atoms in total. The minimum absolute atomic E-state index is 0.149. The standard InChI is InChI=1S/C11H11NO3/c1-15-11(14)8-6-10(13)12-9-5-3-2-4-7(8)9/h2-5,8H,6H2,1H3,(H,12,13)/t8-/m0/s1. The number of rotatable bonds is 1. The third kappa shape index (κ3) is 1.70. The highest BCUT2D eigenvalue weighted by molar-refractivity contribution is 5.99. The Morgan fingerprint density at radius 2 is 2.20 bits per heavy atom. The Morgan fingerprint density at radius 3 is 2.93 bits per heavy atom. The summed E-state index contributed by atoms with van der Waals surface area (Å²) in [6, 6.07) is 7.27. The summed E-state index contributed by atoms with van der Waals surface area (Å²) < 4.78 is 4.68. The molecule has 15 heavy (non-hydrogen) atoms. The lowest BCUT2D eigenvalue weighted by atomic mass is 9.91. The van der Waals surface area contributed by atoms with Crippen molar-refractivity contribution in [2.75, 3.05) is 12.4 Å². The number of para-hydroxylation sites is 1. The molecule has 1 N–H and O–H groups in total. The number of nitrogens with one attached hydrogen (secondary N) is 1. The molecular formula is C11H11NO3. The van der Waals surface area contributed by atoms with Gasteiger partial charge in [-0.3, -0.25) is 9.59 Å². The first-order valence-electron chi connectivity index (χ1n) is 4.69. The third-order valence-corrected chi connectivity index (χ3v) is 2.49. The number of hydrogen-bond acceptors (Lipinski definition) is 3. The fraction of sp³-hybridized carbons (Fsp3) is 0.273. The number of anilines is 1. The normalized spacial score (nSPS) is 19.0. The van der Waals surface area contributed by atoms with Crippen LogP contribution in [0.1, 0.15) is 17.9 Å². The lowest BCUT2D eigenvalue weighted by Crippen LogP contribution is -2.27. The number of hydrogen-bond donors (Lipinski definition) is 1. The fourth-order valence-electron chi connectivity index (χ4n) is 1.76. The fourth-order valence-corrected chi connectivity index (χ4v) is 1.76. The van der Waals surface area contributed by atoms with Crippen molar-refractivity contribution in [3.63, 3.8) is 0 Å². The SMILES string of the molecule is COC(=O)[C@H]1CC(=O)Nc2ccccc21. The van der Waals surface area contributed by atoms with Gasteiger partial charge < -0.3 is 10.1 Å². The summed E-state index contributed by atoms with van der Waals surface area (Å²) in [5.41, 5.74) is 1.52. The predicted molar refractivity (Wildman–Crippen MR) is 54.4 cm³/mol. The van der Waals surface area contributed by atoms with Gasteiger partial charge in [-0.25, -0.2) is 0 Å². The van der Waals surface area contributed by atoms with E-state index in [2.05, 4.69) is 10.1 Å². The molecule has 0 radical (unpaired) electrons. The van der Waals surface area contributed by atoms with Crippen molar-refractivity contribution in [2.45, 2.75) is 12.3 Å². The van der Waals surface area contributed by atoms with Gasteiger partial charge in [-0.1, -0.05) is 18.2 Å². The van der Waals surface area contributed by atoms with Crippen LogP contribution in [0.2, 0.25) is 0 Å². The van der Waals surface area contributed by atoms with Gasteiger partial charge in [0.15, 0.2) is 0 Å². The molecule has 1 atom stereocenters. The van der Waals surface area contributed by atoms with Crippen LogP contribution in [0.25, 0.3) is 0 Å². The second kappa shape index (κ2) is 3.73. The number of methoxy groups -OCH3 is 1. The zero-order chi connectivity index (χ0) is 10.8. The molecule has 1 heterocycles. The molecule has 0 spiro atoms. The molecular weight excluding hydrogens is 194 g/mol.